The Labute approximate surface area is 181 Å². The predicted octanol–water partition coefficient (Wildman–Crippen LogP) is 4.05. The maximum absolute atomic E-state index is 14.1. The van der Waals surface area contributed by atoms with Gasteiger partial charge < -0.3 is 19.7 Å². The molecule has 3 aromatic rings. The summed E-state index contributed by atoms with van der Waals surface area (Å²) >= 11 is 0. The molecule has 1 aromatic heterocycles. The van der Waals surface area contributed by atoms with Crippen LogP contribution in [0.1, 0.15) is 16.7 Å². The second-order valence-electron chi connectivity index (χ2n) is 7.10. The molecule has 0 aliphatic carbocycles. The number of halogens is 1. The van der Waals surface area contributed by atoms with Gasteiger partial charge in [-0.3, -0.25) is 14.9 Å². The van der Waals surface area contributed by atoms with Crippen LogP contribution in [0.4, 0.5) is 9.18 Å². The molecule has 2 aromatic carbocycles. The zero-order valence-electron chi connectivity index (χ0n) is 17.3. The van der Waals surface area contributed by atoms with Gasteiger partial charge in [-0.1, -0.05) is 24.3 Å². The number of aromatic nitrogens is 1. The van der Waals surface area contributed by atoms with E-state index < -0.39 is 29.2 Å². The predicted molar refractivity (Wildman–Crippen MR) is 115 cm³/mol. The Hall–Kier alpha value is -4.21. The van der Waals surface area contributed by atoms with Crippen molar-refractivity contribution in [3.05, 3.63) is 75.2 Å². The Bertz CT molecular complexity index is 1220. The van der Waals surface area contributed by atoms with Gasteiger partial charge in [-0.25, -0.2) is 9.18 Å². The molecule has 1 heterocycles. The van der Waals surface area contributed by atoms with Gasteiger partial charge in [0.05, 0.1) is 24.1 Å². The summed E-state index contributed by atoms with van der Waals surface area (Å²) in [6.07, 6.45) is 1.09. The largest absolute Gasteiger partial charge is 0.481 e. The third-order valence-corrected chi connectivity index (χ3v) is 4.84. The quantitative estimate of drug-likeness (QED) is 0.421. The summed E-state index contributed by atoms with van der Waals surface area (Å²) in [5, 5.41) is 20.5. The first-order valence-electron chi connectivity index (χ1n) is 9.45. The minimum Gasteiger partial charge on any atom is -0.481 e. The van der Waals surface area contributed by atoms with Crippen LogP contribution < -0.4 is 0 Å². The smallest absolute Gasteiger partial charge is 0.409 e. The number of H-pyrrole nitrogens is 1. The molecule has 1 amide bonds. The Kier molecular flexibility index (Phi) is 6.53. The SMILES string of the molecule is COC(=O)N(C)Cc1ccc(-c2[nH]c3cc(F)cc(CC(=O)O)c3c2/C=C/[N+](=O)[O-])cc1. The van der Waals surface area contributed by atoms with Crippen molar-refractivity contribution in [3.8, 4) is 11.3 Å². The number of nitrogens with one attached hydrogen (secondary N) is 1. The molecule has 0 atom stereocenters. The van der Waals surface area contributed by atoms with E-state index in [1.165, 1.54) is 24.2 Å². The van der Waals surface area contributed by atoms with Crippen LogP contribution in [0.15, 0.2) is 42.6 Å². The molecular weight excluding hydrogens is 421 g/mol. The Balaban J connectivity index is 2.11. The van der Waals surface area contributed by atoms with E-state index in [1.807, 2.05) is 0 Å². The van der Waals surface area contributed by atoms with Crippen molar-refractivity contribution in [1.82, 2.24) is 9.88 Å². The van der Waals surface area contributed by atoms with Crippen LogP contribution in [-0.2, 0) is 22.5 Å². The topological polar surface area (TPSA) is 126 Å². The van der Waals surface area contributed by atoms with E-state index in [0.29, 0.717) is 34.3 Å². The maximum Gasteiger partial charge on any atom is 0.409 e. The zero-order valence-corrected chi connectivity index (χ0v) is 17.3. The number of carbonyl (C=O) groups excluding carboxylic acids is 1. The third-order valence-electron chi connectivity index (χ3n) is 4.84. The number of aromatic amines is 1. The van der Waals surface area contributed by atoms with Crippen molar-refractivity contribution < 1.29 is 28.7 Å². The average Bonchev–Trinajstić information content (AvgIpc) is 3.10. The van der Waals surface area contributed by atoms with Crippen LogP contribution in [0.25, 0.3) is 28.2 Å². The second kappa shape index (κ2) is 9.29. The van der Waals surface area contributed by atoms with E-state index in [0.717, 1.165) is 17.8 Å². The van der Waals surface area contributed by atoms with Gasteiger partial charge in [-0.05, 0) is 28.8 Å². The van der Waals surface area contributed by atoms with Gasteiger partial charge in [0, 0.05) is 36.1 Å². The number of carboxylic acids is 1. The number of rotatable bonds is 7. The summed E-state index contributed by atoms with van der Waals surface area (Å²) in [4.78, 5) is 37.6. The number of nitro groups is 1. The Morgan fingerprint density at radius 2 is 1.97 bits per heavy atom. The molecule has 0 saturated carbocycles. The summed E-state index contributed by atoms with van der Waals surface area (Å²) in [6.45, 7) is 0.307. The number of benzene rings is 2. The van der Waals surface area contributed by atoms with E-state index >= 15 is 0 Å². The molecule has 10 heteroatoms. The van der Waals surface area contributed by atoms with E-state index in [2.05, 4.69) is 9.72 Å². The molecular formula is C22H20FN3O6. The number of amides is 1. The zero-order chi connectivity index (χ0) is 23.4. The molecule has 0 unspecified atom stereocenters. The summed E-state index contributed by atoms with van der Waals surface area (Å²) in [5.74, 6) is -1.77. The van der Waals surface area contributed by atoms with Gasteiger partial charge in [-0.15, -0.1) is 0 Å². The Morgan fingerprint density at radius 3 is 2.56 bits per heavy atom. The molecule has 0 spiro atoms. The van der Waals surface area contributed by atoms with Crippen molar-refractivity contribution in [2.45, 2.75) is 13.0 Å². The van der Waals surface area contributed by atoms with E-state index in [-0.39, 0.29) is 5.56 Å². The van der Waals surface area contributed by atoms with Gasteiger partial charge in [0.25, 0.3) is 0 Å². The van der Waals surface area contributed by atoms with Crippen LogP contribution in [0, 0.1) is 15.9 Å². The van der Waals surface area contributed by atoms with Crippen molar-refractivity contribution in [2.75, 3.05) is 14.2 Å². The number of ether oxygens (including phenoxy) is 1. The normalized spacial score (nSPS) is 11.1. The Morgan fingerprint density at radius 1 is 1.28 bits per heavy atom. The van der Waals surface area contributed by atoms with Crippen LogP contribution in [-0.4, -0.2) is 46.1 Å². The van der Waals surface area contributed by atoms with Gasteiger partial charge >= 0.3 is 12.1 Å². The van der Waals surface area contributed by atoms with Gasteiger partial charge in [0.1, 0.15) is 5.82 Å². The van der Waals surface area contributed by atoms with Crippen molar-refractivity contribution in [3.63, 3.8) is 0 Å². The number of carboxylic acid groups (broad SMARTS) is 1. The highest BCUT2D eigenvalue weighted by Gasteiger charge is 2.18. The summed E-state index contributed by atoms with van der Waals surface area (Å²) < 4.78 is 18.8. The van der Waals surface area contributed by atoms with Gasteiger partial charge in [-0.2, -0.15) is 0 Å². The van der Waals surface area contributed by atoms with Crippen molar-refractivity contribution in [2.24, 2.45) is 0 Å². The molecule has 32 heavy (non-hydrogen) atoms. The second-order valence-corrected chi connectivity index (χ2v) is 7.10. The fourth-order valence-electron chi connectivity index (χ4n) is 3.51. The third kappa shape index (κ3) is 4.91. The first kappa shape index (κ1) is 22.5. The fraction of sp³-hybridized carbons (Fsp3) is 0.182. The van der Waals surface area contributed by atoms with Crippen LogP contribution in [0.2, 0.25) is 0 Å². The van der Waals surface area contributed by atoms with Gasteiger partial charge in [0.15, 0.2) is 0 Å². The van der Waals surface area contributed by atoms with Crippen LogP contribution in [0.5, 0.6) is 0 Å². The molecule has 0 aliphatic rings. The molecule has 0 aliphatic heterocycles. The van der Waals surface area contributed by atoms with E-state index in [9.17, 15) is 29.2 Å². The number of hydrogen-bond donors (Lipinski definition) is 2. The molecule has 3 rings (SSSR count). The lowest BCUT2D eigenvalue weighted by Gasteiger charge is -2.15. The first-order chi connectivity index (χ1) is 15.2. The molecule has 2 N–H and O–H groups in total. The molecule has 0 bridgehead atoms. The lowest BCUT2D eigenvalue weighted by atomic mass is 9.99. The first-order valence-corrected chi connectivity index (χ1v) is 9.45. The van der Waals surface area contributed by atoms with E-state index in [4.69, 9.17) is 0 Å². The standard InChI is InChI=1S/C22H20FN3O6/c1-25(22(29)32-2)12-13-3-5-14(6-4-13)21-17(7-8-26(30)31)20-15(10-19(27)28)9-16(23)11-18(20)24-21/h3-9,11,24H,10,12H2,1-2H3,(H,27,28)/b8-7+. The highest BCUT2D eigenvalue weighted by atomic mass is 19.1. The molecule has 9 nitrogen and oxygen atoms in total. The molecule has 0 radical (unpaired) electrons. The lowest BCUT2D eigenvalue weighted by molar-refractivity contribution is -0.400. The number of aliphatic carboxylic acids is 1. The van der Waals surface area contributed by atoms with E-state index in [1.54, 1.807) is 31.3 Å². The highest BCUT2D eigenvalue weighted by Crippen LogP contribution is 2.34. The van der Waals surface area contributed by atoms with Crippen LogP contribution >= 0.6 is 0 Å². The van der Waals surface area contributed by atoms with Crippen molar-refractivity contribution >= 4 is 29.0 Å². The average molecular weight is 441 g/mol. The lowest BCUT2D eigenvalue weighted by Crippen LogP contribution is -2.25. The number of methoxy groups -OCH3 is 1. The monoisotopic (exact) mass is 441 g/mol. The number of carbonyl (C=O) groups is 2. The minimum atomic E-state index is -1.15. The molecule has 0 fully saturated rings. The van der Waals surface area contributed by atoms with Crippen LogP contribution in [0.3, 0.4) is 0 Å². The summed E-state index contributed by atoms with van der Waals surface area (Å²) in [6, 6.07) is 9.39. The minimum absolute atomic E-state index is 0.203. The van der Waals surface area contributed by atoms with Crippen molar-refractivity contribution in [1.29, 1.82) is 0 Å². The number of fused-ring (bicyclic) bond motifs is 1. The fourth-order valence-corrected chi connectivity index (χ4v) is 3.51. The highest BCUT2D eigenvalue weighted by molar-refractivity contribution is 6.00. The van der Waals surface area contributed by atoms with Gasteiger partial charge in [0.2, 0.25) is 6.20 Å². The number of nitrogens with zero attached hydrogens (tertiary/aromatic N) is 2. The summed E-state index contributed by atoms with van der Waals surface area (Å²) in [7, 11) is 2.88. The molecule has 0 saturated heterocycles. The number of hydrogen-bond acceptors (Lipinski definition) is 5. The maximum atomic E-state index is 14.1. The summed E-state index contributed by atoms with van der Waals surface area (Å²) in [5.41, 5.74) is 2.85. The molecule has 166 valence electrons.